The van der Waals surface area contributed by atoms with Crippen LogP contribution in [0.4, 0.5) is 8.78 Å². The molecule has 4 rings (SSSR count). The molecule has 1 fully saturated rings. The summed E-state index contributed by atoms with van der Waals surface area (Å²) in [4.78, 5) is 21.0. The van der Waals surface area contributed by atoms with Crippen LogP contribution in [-0.4, -0.2) is 46.9 Å². The minimum atomic E-state index is -0.826. The third-order valence-corrected chi connectivity index (χ3v) is 5.29. The molecule has 3 aromatic rings. The fourth-order valence-corrected chi connectivity index (χ4v) is 3.55. The maximum Gasteiger partial charge on any atom is 0.273 e. The van der Waals surface area contributed by atoms with Crippen LogP contribution in [0, 0.1) is 11.6 Å². The fourth-order valence-electron chi connectivity index (χ4n) is 3.55. The molecule has 8 heteroatoms. The van der Waals surface area contributed by atoms with E-state index in [0.29, 0.717) is 25.5 Å². The van der Waals surface area contributed by atoms with Gasteiger partial charge in [0.2, 0.25) is 5.89 Å². The number of rotatable bonds is 7. The lowest BCUT2D eigenvalue weighted by Gasteiger charge is -2.34. The Hall–Kier alpha value is -3.10. The number of nitrogens with one attached hydrogen (secondary N) is 1. The molecule has 1 saturated heterocycles. The SMILES string of the molecule is O=C(NCc1ccccc1)c1coc(CN2CCN(Cc3ccc(F)c(F)c3)CC2)n1. The molecule has 1 N–H and O–H groups in total. The van der Waals surface area contributed by atoms with Gasteiger partial charge in [0.05, 0.1) is 6.54 Å². The van der Waals surface area contributed by atoms with Gasteiger partial charge in [-0.3, -0.25) is 14.6 Å². The number of benzene rings is 2. The van der Waals surface area contributed by atoms with Crippen LogP contribution in [0.15, 0.2) is 59.2 Å². The highest BCUT2D eigenvalue weighted by molar-refractivity contribution is 5.91. The van der Waals surface area contributed by atoms with Gasteiger partial charge >= 0.3 is 0 Å². The first-order valence-corrected chi connectivity index (χ1v) is 10.2. The molecule has 0 atom stereocenters. The zero-order valence-electron chi connectivity index (χ0n) is 17.1. The molecule has 1 amide bonds. The zero-order valence-corrected chi connectivity index (χ0v) is 17.1. The molecular weight excluding hydrogens is 402 g/mol. The lowest BCUT2D eigenvalue weighted by molar-refractivity contribution is 0.0945. The molecule has 1 aliphatic heterocycles. The van der Waals surface area contributed by atoms with E-state index in [0.717, 1.165) is 43.4 Å². The minimum Gasteiger partial charge on any atom is -0.447 e. The number of hydrogen-bond acceptors (Lipinski definition) is 5. The topological polar surface area (TPSA) is 61.6 Å². The highest BCUT2D eigenvalue weighted by atomic mass is 19.2. The van der Waals surface area contributed by atoms with Crippen LogP contribution in [0.3, 0.4) is 0 Å². The van der Waals surface area contributed by atoms with Gasteiger partial charge in [-0.15, -0.1) is 0 Å². The molecule has 0 aliphatic carbocycles. The maximum atomic E-state index is 13.4. The van der Waals surface area contributed by atoms with Crippen molar-refractivity contribution in [3.05, 3.63) is 89.1 Å². The van der Waals surface area contributed by atoms with Crippen LogP contribution in [0.25, 0.3) is 0 Å². The van der Waals surface area contributed by atoms with Gasteiger partial charge in [-0.25, -0.2) is 13.8 Å². The fraction of sp³-hybridized carbons (Fsp3) is 0.304. The number of halogens is 2. The summed E-state index contributed by atoms with van der Waals surface area (Å²) in [5.74, 6) is -1.41. The molecule has 31 heavy (non-hydrogen) atoms. The van der Waals surface area contributed by atoms with E-state index in [1.165, 1.54) is 12.3 Å². The third kappa shape index (κ3) is 5.74. The Morgan fingerprint density at radius 2 is 1.65 bits per heavy atom. The summed E-state index contributed by atoms with van der Waals surface area (Å²) in [5.41, 5.74) is 2.04. The summed E-state index contributed by atoms with van der Waals surface area (Å²) in [7, 11) is 0. The Bertz CT molecular complexity index is 1020. The Balaban J connectivity index is 1.23. The molecule has 0 radical (unpaired) electrons. The van der Waals surface area contributed by atoms with Gasteiger partial charge in [-0.2, -0.15) is 0 Å². The smallest absolute Gasteiger partial charge is 0.273 e. The van der Waals surface area contributed by atoms with E-state index in [2.05, 4.69) is 20.1 Å². The van der Waals surface area contributed by atoms with E-state index >= 15 is 0 Å². The van der Waals surface area contributed by atoms with Crippen LogP contribution in [0.1, 0.15) is 27.5 Å². The van der Waals surface area contributed by atoms with E-state index < -0.39 is 11.6 Å². The van der Waals surface area contributed by atoms with E-state index in [1.54, 1.807) is 6.07 Å². The van der Waals surface area contributed by atoms with E-state index in [4.69, 9.17) is 4.42 Å². The van der Waals surface area contributed by atoms with Crippen LogP contribution >= 0.6 is 0 Å². The second kappa shape index (κ2) is 9.80. The molecule has 0 spiro atoms. The normalized spacial score (nSPS) is 15.2. The monoisotopic (exact) mass is 426 g/mol. The second-order valence-corrected chi connectivity index (χ2v) is 7.60. The first kappa shape index (κ1) is 21.1. The second-order valence-electron chi connectivity index (χ2n) is 7.60. The molecular formula is C23H24F2N4O2. The van der Waals surface area contributed by atoms with Gasteiger partial charge in [0.15, 0.2) is 17.3 Å². The molecule has 1 aliphatic rings. The van der Waals surface area contributed by atoms with Gasteiger partial charge in [-0.1, -0.05) is 36.4 Å². The number of carbonyl (C=O) groups is 1. The van der Waals surface area contributed by atoms with Crippen molar-refractivity contribution in [1.82, 2.24) is 20.1 Å². The molecule has 6 nitrogen and oxygen atoms in total. The molecule has 0 saturated carbocycles. The minimum absolute atomic E-state index is 0.267. The van der Waals surface area contributed by atoms with Crippen LogP contribution in [-0.2, 0) is 19.6 Å². The average Bonchev–Trinajstić information content (AvgIpc) is 3.25. The van der Waals surface area contributed by atoms with Crippen LogP contribution in [0.2, 0.25) is 0 Å². The van der Waals surface area contributed by atoms with E-state index in [1.807, 2.05) is 30.3 Å². The predicted octanol–water partition coefficient (Wildman–Crippen LogP) is 3.20. The lowest BCUT2D eigenvalue weighted by Crippen LogP contribution is -2.45. The van der Waals surface area contributed by atoms with Crippen molar-refractivity contribution in [3.63, 3.8) is 0 Å². The highest BCUT2D eigenvalue weighted by Crippen LogP contribution is 2.14. The lowest BCUT2D eigenvalue weighted by atomic mass is 10.2. The first-order valence-electron chi connectivity index (χ1n) is 10.2. The highest BCUT2D eigenvalue weighted by Gasteiger charge is 2.20. The molecule has 0 bridgehead atoms. The van der Waals surface area contributed by atoms with Gasteiger partial charge in [0.1, 0.15) is 6.26 Å². The maximum absolute atomic E-state index is 13.4. The number of oxazole rings is 1. The zero-order chi connectivity index (χ0) is 21.6. The Morgan fingerprint density at radius 1 is 0.935 bits per heavy atom. The third-order valence-electron chi connectivity index (χ3n) is 5.29. The largest absolute Gasteiger partial charge is 0.447 e. The van der Waals surface area contributed by atoms with Crippen LogP contribution in [0.5, 0.6) is 0 Å². The van der Waals surface area contributed by atoms with Crippen molar-refractivity contribution in [2.75, 3.05) is 26.2 Å². The number of amides is 1. The summed E-state index contributed by atoms with van der Waals surface area (Å²) in [6.07, 6.45) is 1.38. The summed E-state index contributed by atoms with van der Waals surface area (Å²) < 4.78 is 31.9. The number of hydrogen-bond donors (Lipinski definition) is 1. The Morgan fingerprint density at radius 3 is 2.35 bits per heavy atom. The van der Waals surface area contributed by atoms with Crippen molar-refractivity contribution in [3.8, 4) is 0 Å². The van der Waals surface area contributed by atoms with Gasteiger partial charge < -0.3 is 9.73 Å². The molecule has 2 heterocycles. The predicted molar refractivity (Wildman–Crippen MR) is 111 cm³/mol. The molecule has 1 aromatic heterocycles. The standard InChI is InChI=1S/C23H24F2N4O2/c24-19-7-6-18(12-20(19)25)14-28-8-10-29(11-9-28)15-22-27-21(16-31-22)23(30)26-13-17-4-2-1-3-5-17/h1-7,12,16H,8-11,13-15H2,(H,26,30). The summed E-state index contributed by atoms with van der Waals surface area (Å²) in [6, 6.07) is 13.7. The van der Waals surface area contributed by atoms with Crippen molar-refractivity contribution < 1.29 is 18.0 Å². The van der Waals surface area contributed by atoms with Gasteiger partial charge in [0, 0.05) is 39.3 Å². The van der Waals surface area contributed by atoms with Crippen molar-refractivity contribution >= 4 is 5.91 Å². The van der Waals surface area contributed by atoms with Crippen molar-refractivity contribution in [1.29, 1.82) is 0 Å². The number of carbonyl (C=O) groups excluding carboxylic acids is 1. The van der Waals surface area contributed by atoms with Gasteiger partial charge in [-0.05, 0) is 23.3 Å². The molecule has 2 aromatic carbocycles. The van der Waals surface area contributed by atoms with E-state index in [-0.39, 0.29) is 11.6 Å². The summed E-state index contributed by atoms with van der Waals surface area (Å²) in [5, 5.41) is 2.84. The van der Waals surface area contributed by atoms with Crippen molar-refractivity contribution in [2.45, 2.75) is 19.6 Å². The quantitative estimate of drug-likeness (QED) is 0.629. The molecule has 0 unspecified atom stereocenters. The average molecular weight is 426 g/mol. The van der Waals surface area contributed by atoms with E-state index in [9.17, 15) is 13.6 Å². The van der Waals surface area contributed by atoms with Gasteiger partial charge in [0.25, 0.3) is 5.91 Å². The summed E-state index contributed by atoms with van der Waals surface area (Å²) in [6.45, 7) is 4.71. The Kier molecular flexibility index (Phi) is 6.69. The van der Waals surface area contributed by atoms with Crippen LogP contribution < -0.4 is 5.32 Å². The number of aromatic nitrogens is 1. The number of piperazine rings is 1. The van der Waals surface area contributed by atoms with Crippen molar-refractivity contribution in [2.24, 2.45) is 0 Å². The Labute approximate surface area is 179 Å². The molecule has 162 valence electrons. The summed E-state index contributed by atoms with van der Waals surface area (Å²) >= 11 is 0. The number of nitrogens with zero attached hydrogens (tertiary/aromatic N) is 3. The first-order chi connectivity index (χ1) is 15.1.